The fourth-order valence-electron chi connectivity index (χ4n) is 2.35. The summed E-state index contributed by atoms with van der Waals surface area (Å²) in [7, 11) is 1.62. The van der Waals surface area contributed by atoms with Crippen LogP contribution < -0.4 is 10.1 Å². The molecule has 0 heterocycles. The van der Waals surface area contributed by atoms with E-state index in [0.29, 0.717) is 25.4 Å². The lowest BCUT2D eigenvalue weighted by atomic mass is 10.1. The van der Waals surface area contributed by atoms with E-state index in [9.17, 15) is 9.59 Å². The smallest absolute Gasteiger partial charge is 0.242 e. The van der Waals surface area contributed by atoms with Crippen LogP contribution in [-0.4, -0.2) is 36.4 Å². The average molecular weight is 334 g/mol. The number of amides is 2. The molecule has 0 aromatic heterocycles. The Hall–Kier alpha value is -2.04. The monoisotopic (exact) mass is 334 g/mol. The standard InChI is InChI=1S/C19H30N2O3/c1-6-18(22)21(13-16-7-9-17(24-5)10-8-16)15(4)19(23)20-12-11-14(2)3/h7-10,14-15H,6,11-13H2,1-5H3,(H,20,23)/t15-/m1/s1. The number of benzene rings is 1. The van der Waals surface area contributed by atoms with E-state index in [4.69, 9.17) is 4.74 Å². The Kier molecular flexibility index (Phi) is 8.30. The molecule has 5 nitrogen and oxygen atoms in total. The van der Waals surface area contributed by atoms with E-state index in [1.165, 1.54) is 0 Å². The van der Waals surface area contributed by atoms with Crippen molar-refractivity contribution in [3.05, 3.63) is 29.8 Å². The maximum Gasteiger partial charge on any atom is 0.242 e. The molecular formula is C19H30N2O3. The maximum atomic E-state index is 12.4. The van der Waals surface area contributed by atoms with Crippen molar-refractivity contribution in [3.8, 4) is 5.75 Å². The van der Waals surface area contributed by atoms with Crippen molar-refractivity contribution < 1.29 is 14.3 Å². The van der Waals surface area contributed by atoms with Crippen LogP contribution in [0.2, 0.25) is 0 Å². The van der Waals surface area contributed by atoms with Crippen molar-refractivity contribution in [3.63, 3.8) is 0 Å². The lowest BCUT2D eigenvalue weighted by Crippen LogP contribution is -2.47. The first-order valence-electron chi connectivity index (χ1n) is 8.59. The Morgan fingerprint density at radius 1 is 1.17 bits per heavy atom. The van der Waals surface area contributed by atoms with Crippen LogP contribution in [0.5, 0.6) is 5.75 Å². The molecule has 0 radical (unpaired) electrons. The van der Waals surface area contributed by atoms with Crippen LogP contribution in [0.4, 0.5) is 0 Å². The first kappa shape index (κ1) is 20.0. The Morgan fingerprint density at radius 3 is 2.29 bits per heavy atom. The highest BCUT2D eigenvalue weighted by molar-refractivity contribution is 5.87. The van der Waals surface area contributed by atoms with Gasteiger partial charge in [-0.15, -0.1) is 0 Å². The van der Waals surface area contributed by atoms with Gasteiger partial charge >= 0.3 is 0 Å². The van der Waals surface area contributed by atoms with Crippen molar-refractivity contribution in [2.75, 3.05) is 13.7 Å². The number of carbonyl (C=O) groups excluding carboxylic acids is 2. The summed E-state index contributed by atoms with van der Waals surface area (Å²) >= 11 is 0. The number of hydrogen-bond acceptors (Lipinski definition) is 3. The number of methoxy groups -OCH3 is 1. The molecule has 1 rings (SSSR count). The minimum Gasteiger partial charge on any atom is -0.497 e. The molecule has 0 fully saturated rings. The van der Waals surface area contributed by atoms with Gasteiger partial charge in [-0.25, -0.2) is 0 Å². The highest BCUT2D eigenvalue weighted by atomic mass is 16.5. The Labute approximate surface area is 145 Å². The van der Waals surface area contributed by atoms with Gasteiger partial charge in [0.05, 0.1) is 7.11 Å². The van der Waals surface area contributed by atoms with Crippen molar-refractivity contribution >= 4 is 11.8 Å². The molecule has 1 aromatic carbocycles. The van der Waals surface area contributed by atoms with Crippen LogP contribution in [0, 0.1) is 5.92 Å². The number of hydrogen-bond donors (Lipinski definition) is 1. The van der Waals surface area contributed by atoms with Crippen molar-refractivity contribution in [2.24, 2.45) is 5.92 Å². The van der Waals surface area contributed by atoms with Crippen LogP contribution >= 0.6 is 0 Å². The lowest BCUT2D eigenvalue weighted by molar-refractivity contribution is -0.140. The second-order valence-electron chi connectivity index (χ2n) is 6.37. The maximum absolute atomic E-state index is 12.4. The zero-order valence-electron chi connectivity index (χ0n) is 15.5. The van der Waals surface area contributed by atoms with Gasteiger partial charge in [0, 0.05) is 19.5 Å². The van der Waals surface area contributed by atoms with Gasteiger partial charge in [0.15, 0.2) is 0 Å². The normalized spacial score (nSPS) is 11.9. The molecule has 0 aliphatic rings. The second kappa shape index (κ2) is 9.96. The third-order valence-corrected chi connectivity index (χ3v) is 4.00. The summed E-state index contributed by atoms with van der Waals surface area (Å²) in [6.45, 7) is 8.87. The molecule has 1 N–H and O–H groups in total. The van der Waals surface area contributed by atoms with Gasteiger partial charge in [0.1, 0.15) is 11.8 Å². The molecule has 24 heavy (non-hydrogen) atoms. The fraction of sp³-hybridized carbons (Fsp3) is 0.579. The minimum atomic E-state index is -0.494. The fourth-order valence-corrected chi connectivity index (χ4v) is 2.35. The van der Waals surface area contributed by atoms with Gasteiger partial charge in [-0.05, 0) is 37.0 Å². The Bertz CT molecular complexity index is 526. The molecular weight excluding hydrogens is 304 g/mol. The molecule has 0 aliphatic carbocycles. The first-order chi connectivity index (χ1) is 11.4. The van der Waals surface area contributed by atoms with Gasteiger partial charge in [-0.2, -0.15) is 0 Å². The SMILES string of the molecule is CCC(=O)N(Cc1ccc(OC)cc1)[C@H](C)C(=O)NCCC(C)C. The van der Waals surface area contributed by atoms with Crippen LogP contribution in [0.15, 0.2) is 24.3 Å². The highest BCUT2D eigenvalue weighted by Crippen LogP contribution is 2.15. The summed E-state index contributed by atoms with van der Waals surface area (Å²) in [6, 6.07) is 7.05. The molecule has 5 heteroatoms. The van der Waals surface area contributed by atoms with E-state index in [2.05, 4.69) is 19.2 Å². The topological polar surface area (TPSA) is 58.6 Å². The largest absolute Gasteiger partial charge is 0.497 e. The lowest BCUT2D eigenvalue weighted by Gasteiger charge is -2.28. The van der Waals surface area contributed by atoms with Gasteiger partial charge in [0.2, 0.25) is 11.8 Å². The van der Waals surface area contributed by atoms with E-state index in [1.54, 1.807) is 18.9 Å². The predicted octanol–water partition coefficient (Wildman–Crippen LogP) is 2.98. The number of carbonyl (C=O) groups is 2. The third-order valence-electron chi connectivity index (χ3n) is 4.00. The van der Waals surface area contributed by atoms with Crippen molar-refractivity contribution in [1.82, 2.24) is 10.2 Å². The molecule has 0 saturated heterocycles. The molecule has 0 saturated carbocycles. The minimum absolute atomic E-state index is 0.0303. The van der Waals surface area contributed by atoms with Crippen LogP contribution in [0.25, 0.3) is 0 Å². The van der Waals surface area contributed by atoms with Crippen LogP contribution in [0.3, 0.4) is 0 Å². The molecule has 1 aromatic rings. The van der Waals surface area contributed by atoms with Gasteiger partial charge in [0.25, 0.3) is 0 Å². The first-order valence-corrected chi connectivity index (χ1v) is 8.59. The molecule has 134 valence electrons. The summed E-state index contributed by atoms with van der Waals surface area (Å²) in [5.41, 5.74) is 0.972. The molecule has 1 atom stereocenters. The molecule has 0 unspecified atom stereocenters. The quantitative estimate of drug-likeness (QED) is 0.755. The van der Waals surface area contributed by atoms with Gasteiger partial charge in [-0.1, -0.05) is 32.9 Å². The predicted molar refractivity (Wildman–Crippen MR) is 95.8 cm³/mol. The summed E-state index contributed by atoms with van der Waals surface area (Å²) in [5, 5.41) is 2.92. The number of nitrogens with one attached hydrogen (secondary N) is 1. The number of ether oxygens (including phenoxy) is 1. The van der Waals surface area contributed by atoms with Gasteiger partial charge < -0.3 is 15.0 Å². The van der Waals surface area contributed by atoms with Crippen LogP contribution in [0.1, 0.15) is 46.1 Å². The van der Waals surface area contributed by atoms with E-state index >= 15 is 0 Å². The zero-order chi connectivity index (χ0) is 18.1. The zero-order valence-corrected chi connectivity index (χ0v) is 15.5. The molecule has 0 aliphatic heterocycles. The molecule has 2 amide bonds. The number of nitrogens with zero attached hydrogens (tertiary/aromatic N) is 1. The molecule has 0 spiro atoms. The van der Waals surface area contributed by atoms with Gasteiger partial charge in [-0.3, -0.25) is 9.59 Å². The second-order valence-corrected chi connectivity index (χ2v) is 6.37. The average Bonchev–Trinajstić information content (AvgIpc) is 2.58. The summed E-state index contributed by atoms with van der Waals surface area (Å²) in [4.78, 5) is 26.3. The van der Waals surface area contributed by atoms with E-state index in [1.807, 2.05) is 31.2 Å². The summed E-state index contributed by atoms with van der Waals surface area (Å²) < 4.78 is 5.15. The number of rotatable bonds is 9. The van der Waals surface area contributed by atoms with E-state index in [-0.39, 0.29) is 11.8 Å². The van der Waals surface area contributed by atoms with E-state index in [0.717, 1.165) is 17.7 Å². The third kappa shape index (κ3) is 6.22. The Balaban J connectivity index is 2.75. The van der Waals surface area contributed by atoms with Crippen molar-refractivity contribution in [1.29, 1.82) is 0 Å². The summed E-state index contributed by atoms with van der Waals surface area (Å²) in [6.07, 6.45) is 1.30. The van der Waals surface area contributed by atoms with Crippen LogP contribution in [-0.2, 0) is 16.1 Å². The van der Waals surface area contributed by atoms with E-state index < -0.39 is 6.04 Å². The Morgan fingerprint density at radius 2 is 1.79 bits per heavy atom. The summed E-state index contributed by atoms with van der Waals surface area (Å²) in [5.74, 6) is 1.17. The van der Waals surface area contributed by atoms with Crippen molar-refractivity contribution in [2.45, 2.75) is 53.1 Å². The highest BCUT2D eigenvalue weighted by Gasteiger charge is 2.24. The molecule has 0 bridgehead atoms.